The fraction of sp³-hybridized carbons (Fsp3) is 0.125. The van der Waals surface area contributed by atoms with Gasteiger partial charge in [-0.15, -0.1) is 0 Å². The van der Waals surface area contributed by atoms with E-state index in [0.29, 0.717) is 16.9 Å². The highest BCUT2D eigenvalue weighted by molar-refractivity contribution is 6.05. The summed E-state index contributed by atoms with van der Waals surface area (Å²) in [5.74, 6) is -0.492. The molecule has 108 valence electrons. The second kappa shape index (κ2) is 6.56. The van der Waals surface area contributed by atoms with Gasteiger partial charge in [-0.2, -0.15) is 0 Å². The fourth-order valence-electron chi connectivity index (χ4n) is 1.85. The van der Waals surface area contributed by atoms with E-state index in [-0.39, 0.29) is 0 Å². The molecule has 2 amide bonds. The molecule has 21 heavy (non-hydrogen) atoms. The van der Waals surface area contributed by atoms with Gasteiger partial charge in [0.25, 0.3) is 0 Å². The number of para-hydroxylation sites is 1. The Bertz CT molecular complexity index is 654. The minimum atomic E-state index is -0.492. The molecular weight excluding hydrogens is 268 g/mol. The van der Waals surface area contributed by atoms with Gasteiger partial charge in [0.15, 0.2) is 0 Å². The average molecular weight is 284 g/mol. The van der Waals surface area contributed by atoms with E-state index in [1.165, 1.54) is 7.11 Å². The molecule has 0 atom stereocenters. The molecule has 2 aromatic rings. The van der Waals surface area contributed by atoms with Gasteiger partial charge < -0.3 is 15.4 Å². The first-order valence-corrected chi connectivity index (χ1v) is 6.42. The van der Waals surface area contributed by atoms with Crippen LogP contribution < -0.4 is 10.6 Å². The van der Waals surface area contributed by atoms with Gasteiger partial charge in [0.1, 0.15) is 0 Å². The van der Waals surface area contributed by atoms with Crippen LogP contribution in [0.25, 0.3) is 0 Å². The van der Waals surface area contributed by atoms with Gasteiger partial charge in [0.05, 0.1) is 18.4 Å². The standard InChI is InChI=1S/C16H16N2O3/c1-11-8-9-14(13(10-11)15(19)21-2)18-16(20)17-12-6-4-3-5-7-12/h3-10H,1-2H3,(H2,17,18,20). The lowest BCUT2D eigenvalue weighted by molar-refractivity contribution is 0.0602. The SMILES string of the molecule is COC(=O)c1cc(C)ccc1NC(=O)Nc1ccccc1. The first kappa shape index (κ1) is 14.6. The zero-order valence-corrected chi connectivity index (χ0v) is 11.8. The van der Waals surface area contributed by atoms with Crippen LogP contribution in [0, 0.1) is 6.92 Å². The Hall–Kier alpha value is -2.82. The minimum Gasteiger partial charge on any atom is -0.465 e. The van der Waals surface area contributed by atoms with Crippen LogP contribution >= 0.6 is 0 Å². The van der Waals surface area contributed by atoms with Crippen LogP contribution in [0.4, 0.5) is 16.2 Å². The highest BCUT2D eigenvalue weighted by Gasteiger charge is 2.14. The van der Waals surface area contributed by atoms with E-state index in [9.17, 15) is 9.59 Å². The highest BCUT2D eigenvalue weighted by Crippen LogP contribution is 2.19. The van der Waals surface area contributed by atoms with Crippen molar-refractivity contribution >= 4 is 23.4 Å². The molecule has 0 saturated carbocycles. The fourth-order valence-corrected chi connectivity index (χ4v) is 1.85. The van der Waals surface area contributed by atoms with Crippen LogP contribution in [0.1, 0.15) is 15.9 Å². The third-order valence-corrected chi connectivity index (χ3v) is 2.86. The van der Waals surface area contributed by atoms with E-state index >= 15 is 0 Å². The van der Waals surface area contributed by atoms with Crippen molar-refractivity contribution in [2.45, 2.75) is 6.92 Å². The number of urea groups is 1. The first-order chi connectivity index (χ1) is 10.1. The topological polar surface area (TPSA) is 67.4 Å². The summed E-state index contributed by atoms with van der Waals surface area (Å²) in [6.45, 7) is 1.86. The van der Waals surface area contributed by atoms with Crippen LogP contribution in [0.5, 0.6) is 0 Å². The number of amides is 2. The molecule has 0 unspecified atom stereocenters. The Morgan fingerprint density at radius 3 is 2.38 bits per heavy atom. The summed E-state index contributed by atoms with van der Waals surface area (Å²) in [6.07, 6.45) is 0. The molecule has 0 aliphatic heterocycles. The van der Waals surface area contributed by atoms with Crippen molar-refractivity contribution in [1.82, 2.24) is 0 Å². The number of ether oxygens (including phenoxy) is 1. The van der Waals surface area contributed by atoms with Crippen molar-refractivity contribution < 1.29 is 14.3 Å². The van der Waals surface area contributed by atoms with Crippen molar-refractivity contribution in [3.8, 4) is 0 Å². The lowest BCUT2D eigenvalue weighted by Crippen LogP contribution is -2.21. The van der Waals surface area contributed by atoms with Crippen LogP contribution in [-0.4, -0.2) is 19.1 Å². The first-order valence-electron chi connectivity index (χ1n) is 6.42. The molecule has 2 N–H and O–H groups in total. The van der Waals surface area contributed by atoms with Gasteiger partial charge in [0, 0.05) is 5.69 Å². The molecule has 0 aromatic heterocycles. The number of rotatable bonds is 3. The zero-order valence-electron chi connectivity index (χ0n) is 11.8. The van der Waals surface area contributed by atoms with Crippen molar-refractivity contribution in [2.24, 2.45) is 0 Å². The Kier molecular flexibility index (Phi) is 4.56. The number of aryl methyl sites for hydroxylation is 1. The summed E-state index contributed by atoms with van der Waals surface area (Å²) in [4.78, 5) is 23.7. The molecule has 2 rings (SSSR count). The smallest absolute Gasteiger partial charge is 0.339 e. The summed E-state index contributed by atoms with van der Waals surface area (Å²) in [5, 5.41) is 5.34. The lowest BCUT2D eigenvalue weighted by atomic mass is 10.1. The number of hydrogen-bond donors (Lipinski definition) is 2. The molecule has 0 spiro atoms. The predicted molar refractivity (Wildman–Crippen MR) is 81.6 cm³/mol. The van der Waals surface area contributed by atoms with Crippen molar-refractivity contribution in [3.63, 3.8) is 0 Å². The number of carbonyl (C=O) groups is 2. The van der Waals surface area contributed by atoms with E-state index in [0.717, 1.165) is 5.56 Å². The molecule has 2 aromatic carbocycles. The largest absolute Gasteiger partial charge is 0.465 e. The molecule has 0 saturated heterocycles. The maximum Gasteiger partial charge on any atom is 0.339 e. The van der Waals surface area contributed by atoms with E-state index in [1.807, 2.05) is 31.2 Å². The lowest BCUT2D eigenvalue weighted by Gasteiger charge is -2.11. The predicted octanol–water partition coefficient (Wildman–Crippen LogP) is 3.43. The maximum absolute atomic E-state index is 12.0. The normalized spacial score (nSPS) is 9.81. The van der Waals surface area contributed by atoms with E-state index in [2.05, 4.69) is 10.6 Å². The quantitative estimate of drug-likeness (QED) is 0.848. The van der Waals surface area contributed by atoms with Gasteiger partial charge in [-0.25, -0.2) is 9.59 Å². The summed E-state index contributed by atoms with van der Waals surface area (Å²) in [5.41, 5.74) is 2.30. The minimum absolute atomic E-state index is 0.320. The maximum atomic E-state index is 12.0. The summed E-state index contributed by atoms with van der Waals surface area (Å²) in [7, 11) is 1.30. The third-order valence-electron chi connectivity index (χ3n) is 2.86. The van der Waals surface area contributed by atoms with Gasteiger partial charge in [-0.05, 0) is 31.2 Å². The molecule has 0 radical (unpaired) electrons. The molecule has 5 nitrogen and oxygen atoms in total. The van der Waals surface area contributed by atoms with Crippen LogP contribution in [-0.2, 0) is 4.74 Å². The Balaban J connectivity index is 2.15. The van der Waals surface area contributed by atoms with Gasteiger partial charge in [0.2, 0.25) is 0 Å². The molecule has 0 fully saturated rings. The Morgan fingerprint density at radius 2 is 1.71 bits per heavy atom. The Morgan fingerprint density at radius 1 is 1.00 bits per heavy atom. The van der Waals surface area contributed by atoms with Crippen LogP contribution in [0.15, 0.2) is 48.5 Å². The molecule has 0 heterocycles. The van der Waals surface area contributed by atoms with Gasteiger partial charge in [-0.1, -0.05) is 29.8 Å². The number of methoxy groups -OCH3 is 1. The van der Waals surface area contributed by atoms with E-state index in [4.69, 9.17) is 4.74 Å². The molecule has 0 bridgehead atoms. The monoisotopic (exact) mass is 284 g/mol. The van der Waals surface area contributed by atoms with E-state index < -0.39 is 12.0 Å². The number of anilines is 2. The molecule has 5 heteroatoms. The van der Waals surface area contributed by atoms with E-state index in [1.54, 1.807) is 24.3 Å². The average Bonchev–Trinajstić information content (AvgIpc) is 2.49. The van der Waals surface area contributed by atoms with Crippen LogP contribution in [0.3, 0.4) is 0 Å². The van der Waals surface area contributed by atoms with Gasteiger partial charge >= 0.3 is 12.0 Å². The number of benzene rings is 2. The third kappa shape index (κ3) is 3.82. The zero-order chi connectivity index (χ0) is 15.2. The van der Waals surface area contributed by atoms with Gasteiger partial charge in [-0.3, -0.25) is 0 Å². The second-order valence-electron chi connectivity index (χ2n) is 4.49. The number of esters is 1. The summed E-state index contributed by atoms with van der Waals surface area (Å²) < 4.78 is 4.72. The highest BCUT2D eigenvalue weighted by atomic mass is 16.5. The summed E-state index contributed by atoms with van der Waals surface area (Å²) in [6, 6.07) is 13.8. The molecular formula is C16H16N2O3. The number of hydrogen-bond acceptors (Lipinski definition) is 3. The Labute approximate surface area is 122 Å². The summed E-state index contributed by atoms with van der Waals surface area (Å²) >= 11 is 0. The second-order valence-corrected chi connectivity index (χ2v) is 4.49. The van der Waals surface area contributed by atoms with Crippen molar-refractivity contribution in [1.29, 1.82) is 0 Å². The van der Waals surface area contributed by atoms with Crippen LogP contribution in [0.2, 0.25) is 0 Å². The van der Waals surface area contributed by atoms with Crippen molar-refractivity contribution in [3.05, 3.63) is 59.7 Å². The molecule has 0 aliphatic carbocycles. The molecule has 0 aliphatic rings. The van der Waals surface area contributed by atoms with Crippen molar-refractivity contribution in [2.75, 3.05) is 17.7 Å². The number of carbonyl (C=O) groups excluding carboxylic acids is 2. The number of nitrogens with one attached hydrogen (secondary N) is 2.